The minimum Gasteiger partial charge on any atom is -0.339 e. The summed E-state index contributed by atoms with van der Waals surface area (Å²) in [5, 5.41) is 0.735. The van der Waals surface area contributed by atoms with Crippen molar-refractivity contribution in [2.75, 3.05) is 24.5 Å². The number of likely N-dealkylation sites (tertiary alicyclic amines) is 1. The van der Waals surface area contributed by atoms with Gasteiger partial charge in [0, 0.05) is 36.3 Å². The van der Waals surface area contributed by atoms with Crippen LogP contribution in [0, 0.1) is 5.92 Å². The number of fused-ring (bicyclic) bond motifs is 1. The van der Waals surface area contributed by atoms with E-state index in [0.29, 0.717) is 32.5 Å². The molecule has 0 bridgehead atoms. The number of benzene rings is 1. The summed E-state index contributed by atoms with van der Waals surface area (Å²) in [4.78, 5) is 28.0. The quantitative estimate of drug-likeness (QED) is 0.787. The molecule has 2 heterocycles. The number of rotatable bonds is 2. The largest absolute Gasteiger partial charge is 0.339 e. The first-order valence-corrected chi connectivity index (χ1v) is 7.99. The Hall–Kier alpha value is -1.81. The molecule has 0 spiro atoms. The first-order chi connectivity index (χ1) is 10.6. The van der Waals surface area contributed by atoms with Gasteiger partial charge in [-0.1, -0.05) is 24.2 Å². The van der Waals surface area contributed by atoms with E-state index in [1.54, 1.807) is 4.90 Å². The second kappa shape index (κ2) is 6.13. The van der Waals surface area contributed by atoms with Gasteiger partial charge in [-0.05, 0) is 43.0 Å². The summed E-state index contributed by atoms with van der Waals surface area (Å²) in [5.41, 5.74) is 2.01. The Bertz CT molecular complexity index is 621. The molecule has 1 aromatic carbocycles. The van der Waals surface area contributed by atoms with E-state index in [1.807, 2.05) is 23.1 Å². The van der Waals surface area contributed by atoms with Gasteiger partial charge in [0.25, 0.3) is 0 Å². The fraction of sp³-hybridized carbons (Fsp3) is 0.412. The van der Waals surface area contributed by atoms with E-state index in [9.17, 15) is 9.59 Å². The van der Waals surface area contributed by atoms with Gasteiger partial charge in [-0.25, -0.2) is 0 Å². The van der Waals surface area contributed by atoms with Crippen LogP contribution in [-0.4, -0.2) is 36.3 Å². The van der Waals surface area contributed by atoms with Gasteiger partial charge in [0.05, 0.1) is 0 Å². The number of halogens is 1. The summed E-state index contributed by atoms with van der Waals surface area (Å²) in [6.45, 7) is 5.45. The Morgan fingerprint density at radius 3 is 2.64 bits per heavy atom. The number of piperidine rings is 1. The molecule has 0 unspecified atom stereocenters. The minimum atomic E-state index is -0.0517. The average molecular weight is 319 g/mol. The van der Waals surface area contributed by atoms with Gasteiger partial charge in [-0.3, -0.25) is 9.59 Å². The standard InChI is InChI=1S/C17H19ClN2O2/c1-2-16(21)19-9-6-12(7-10-19)17(22)20-11-8-13-14(18)4-3-5-15(13)20/h2-5,12H,1,6-11H2. The van der Waals surface area contributed by atoms with Crippen molar-refractivity contribution in [1.29, 1.82) is 0 Å². The van der Waals surface area contributed by atoms with Gasteiger partial charge in [0.1, 0.15) is 0 Å². The van der Waals surface area contributed by atoms with Crippen LogP contribution in [0.4, 0.5) is 5.69 Å². The second-order valence-electron chi connectivity index (χ2n) is 5.78. The molecule has 0 N–H and O–H groups in total. The van der Waals surface area contributed by atoms with Gasteiger partial charge in [0.15, 0.2) is 0 Å². The predicted molar refractivity (Wildman–Crippen MR) is 87.0 cm³/mol. The summed E-state index contributed by atoms with van der Waals surface area (Å²) < 4.78 is 0. The van der Waals surface area contributed by atoms with Crippen LogP contribution in [0.15, 0.2) is 30.9 Å². The zero-order valence-corrected chi connectivity index (χ0v) is 13.2. The zero-order chi connectivity index (χ0) is 15.7. The molecule has 1 fully saturated rings. The second-order valence-corrected chi connectivity index (χ2v) is 6.19. The molecule has 0 aromatic heterocycles. The van der Waals surface area contributed by atoms with Crippen molar-refractivity contribution in [3.05, 3.63) is 41.4 Å². The van der Waals surface area contributed by atoms with Crippen LogP contribution in [0.5, 0.6) is 0 Å². The van der Waals surface area contributed by atoms with E-state index < -0.39 is 0 Å². The zero-order valence-electron chi connectivity index (χ0n) is 12.4. The highest BCUT2D eigenvalue weighted by Crippen LogP contribution is 2.35. The number of amides is 2. The van der Waals surface area contributed by atoms with Crippen LogP contribution >= 0.6 is 11.6 Å². The van der Waals surface area contributed by atoms with Gasteiger partial charge < -0.3 is 9.80 Å². The summed E-state index contributed by atoms with van der Waals surface area (Å²) >= 11 is 6.20. The highest BCUT2D eigenvalue weighted by atomic mass is 35.5. The Balaban J connectivity index is 1.69. The first-order valence-electron chi connectivity index (χ1n) is 7.62. The minimum absolute atomic E-state index is 0.0150. The number of carbonyl (C=O) groups is 2. The summed E-state index contributed by atoms with van der Waals surface area (Å²) in [6.07, 6.45) is 3.57. The van der Waals surface area contributed by atoms with E-state index >= 15 is 0 Å². The average Bonchev–Trinajstić information content (AvgIpc) is 2.99. The molecule has 22 heavy (non-hydrogen) atoms. The van der Waals surface area contributed by atoms with Crippen molar-refractivity contribution in [1.82, 2.24) is 4.90 Å². The fourth-order valence-corrected chi connectivity index (χ4v) is 3.58. The van der Waals surface area contributed by atoms with Crippen LogP contribution in [0.2, 0.25) is 5.02 Å². The van der Waals surface area contributed by atoms with Crippen molar-refractivity contribution in [2.45, 2.75) is 19.3 Å². The van der Waals surface area contributed by atoms with Crippen molar-refractivity contribution in [3.63, 3.8) is 0 Å². The van der Waals surface area contributed by atoms with E-state index in [4.69, 9.17) is 11.6 Å². The molecule has 1 saturated heterocycles. The number of hydrogen-bond donors (Lipinski definition) is 0. The topological polar surface area (TPSA) is 40.6 Å². The molecule has 0 aliphatic carbocycles. The third-order valence-corrected chi connectivity index (χ3v) is 4.92. The van der Waals surface area contributed by atoms with Crippen LogP contribution < -0.4 is 4.90 Å². The van der Waals surface area contributed by atoms with E-state index in [0.717, 1.165) is 22.7 Å². The molecule has 0 saturated carbocycles. The monoisotopic (exact) mass is 318 g/mol. The highest BCUT2D eigenvalue weighted by Gasteiger charge is 2.33. The lowest BCUT2D eigenvalue weighted by Gasteiger charge is -2.32. The fourth-order valence-electron chi connectivity index (χ4n) is 3.32. The highest BCUT2D eigenvalue weighted by molar-refractivity contribution is 6.32. The number of nitrogens with zero attached hydrogens (tertiary/aromatic N) is 2. The molecule has 3 rings (SSSR count). The van der Waals surface area contributed by atoms with E-state index in [-0.39, 0.29) is 17.7 Å². The van der Waals surface area contributed by atoms with E-state index in [1.165, 1.54) is 6.08 Å². The molecule has 2 aliphatic heterocycles. The Kier molecular flexibility index (Phi) is 4.21. The predicted octanol–water partition coefficient (Wildman–Crippen LogP) is 2.65. The van der Waals surface area contributed by atoms with Crippen LogP contribution in [0.1, 0.15) is 18.4 Å². The summed E-state index contributed by atoms with van der Waals surface area (Å²) in [5.74, 6) is 0.0923. The van der Waals surface area contributed by atoms with Crippen molar-refractivity contribution < 1.29 is 9.59 Å². The maximum absolute atomic E-state index is 12.8. The number of hydrogen-bond acceptors (Lipinski definition) is 2. The Labute approximate surface area is 135 Å². The summed E-state index contributed by atoms with van der Waals surface area (Å²) in [7, 11) is 0. The van der Waals surface area contributed by atoms with Crippen molar-refractivity contribution in [2.24, 2.45) is 5.92 Å². The molecule has 5 heteroatoms. The van der Waals surface area contributed by atoms with Gasteiger partial charge in [-0.15, -0.1) is 0 Å². The molecule has 0 atom stereocenters. The number of anilines is 1. The molecular formula is C17H19ClN2O2. The molecule has 1 aromatic rings. The smallest absolute Gasteiger partial charge is 0.245 e. The van der Waals surface area contributed by atoms with Crippen LogP contribution in [0.25, 0.3) is 0 Å². The van der Waals surface area contributed by atoms with Gasteiger partial charge >= 0.3 is 0 Å². The first kappa shape index (κ1) is 15.1. The number of carbonyl (C=O) groups excluding carboxylic acids is 2. The third kappa shape index (κ3) is 2.63. The maximum atomic E-state index is 12.8. The van der Waals surface area contributed by atoms with E-state index in [2.05, 4.69) is 6.58 Å². The lowest BCUT2D eigenvalue weighted by atomic mass is 9.95. The third-order valence-electron chi connectivity index (χ3n) is 4.57. The molecule has 116 valence electrons. The van der Waals surface area contributed by atoms with Crippen LogP contribution in [0.3, 0.4) is 0 Å². The molecule has 2 amide bonds. The lowest BCUT2D eigenvalue weighted by molar-refractivity contribution is -0.130. The van der Waals surface area contributed by atoms with Crippen molar-refractivity contribution >= 4 is 29.1 Å². The maximum Gasteiger partial charge on any atom is 0.245 e. The Morgan fingerprint density at radius 2 is 1.95 bits per heavy atom. The van der Waals surface area contributed by atoms with Crippen molar-refractivity contribution in [3.8, 4) is 0 Å². The molecule has 0 radical (unpaired) electrons. The van der Waals surface area contributed by atoms with Crippen LogP contribution in [-0.2, 0) is 16.0 Å². The summed E-state index contributed by atoms with van der Waals surface area (Å²) in [6, 6.07) is 5.72. The lowest BCUT2D eigenvalue weighted by Crippen LogP contribution is -2.43. The SMILES string of the molecule is C=CC(=O)N1CCC(C(=O)N2CCc3c(Cl)cccc32)CC1. The molecule has 2 aliphatic rings. The molecule has 4 nitrogen and oxygen atoms in total. The molecular weight excluding hydrogens is 300 g/mol. The Morgan fingerprint density at radius 1 is 1.23 bits per heavy atom. The normalized spacial score (nSPS) is 18.2. The van der Waals surface area contributed by atoms with Gasteiger partial charge in [-0.2, -0.15) is 0 Å². The van der Waals surface area contributed by atoms with Gasteiger partial charge in [0.2, 0.25) is 11.8 Å².